The predicted octanol–water partition coefficient (Wildman–Crippen LogP) is 15.8. The van der Waals surface area contributed by atoms with Gasteiger partial charge in [-0.1, -0.05) is 119 Å². The Balaban J connectivity index is 1.64. The maximum atomic E-state index is 2.68. The third-order valence-electron chi connectivity index (χ3n) is 11.8. The van der Waals surface area contributed by atoms with Crippen molar-refractivity contribution in [2.24, 2.45) is 0 Å². The van der Waals surface area contributed by atoms with E-state index in [-0.39, 0.29) is 0 Å². The molecule has 0 spiro atoms. The minimum absolute atomic E-state index is 1.00. The lowest BCUT2D eigenvalue weighted by Gasteiger charge is -2.36. The molecule has 0 heterocycles. The Morgan fingerprint density at radius 1 is 0.527 bits per heavy atom. The lowest BCUT2D eigenvalue weighted by Crippen LogP contribution is -2.21. The molecule has 0 saturated heterocycles. The molecule has 0 fully saturated rings. The van der Waals surface area contributed by atoms with Crippen molar-refractivity contribution in [3.05, 3.63) is 160 Å². The van der Waals surface area contributed by atoms with Gasteiger partial charge in [0.05, 0.1) is 11.4 Å². The van der Waals surface area contributed by atoms with E-state index < -0.39 is 0 Å². The minimum atomic E-state index is 1.00. The van der Waals surface area contributed by atoms with Crippen molar-refractivity contribution in [3.8, 4) is 0 Å². The zero-order chi connectivity index (χ0) is 38.3. The first-order chi connectivity index (χ1) is 27.0. The number of para-hydroxylation sites is 1. The summed E-state index contributed by atoms with van der Waals surface area (Å²) in [7, 11) is 0. The predicted molar refractivity (Wildman–Crippen MR) is 241 cm³/mol. The Morgan fingerprint density at radius 3 is 1.84 bits per heavy atom. The first kappa shape index (κ1) is 38.2. The smallest absolute Gasteiger partial charge is 0.0620 e. The van der Waals surface area contributed by atoms with Crippen LogP contribution < -0.4 is 9.80 Å². The van der Waals surface area contributed by atoms with Gasteiger partial charge in [0.25, 0.3) is 0 Å². The zero-order valence-electron chi connectivity index (χ0n) is 34.2. The van der Waals surface area contributed by atoms with Crippen molar-refractivity contribution >= 4 is 50.0 Å². The second-order valence-corrected chi connectivity index (χ2v) is 15.6. The number of benzene rings is 6. The monoisotopic (exact) mass is 724 g/mol. The summed E-state index contributed by atoms with van der Waals surface area (Å²) in [4.78, 5) is 5.26. The average molecular weight is 725 g/mol. The molecule has 0 bridgehead atoms. The Bertz CT molecular complexity index is 2330. The summed E-state index contributed by atoms with van der Waals surface area (Å²) in [5, 5.41) is 5.18. The van der Waals surface area contributed by atoms with Crippen molar-refractivity contribution in [2.45, 2.75) is 112 Å². The van der Waals surface area contributed by atoms with Gasteiger partial charge in [-0.25, -0.2) is 0 Å². The molecule has 0 radical (unpaired) electrons. The number of allylic oxidation sites excluding steroid dienone is 4. The molecule has 0 atom stereocenters. The van der Waals surface area contributed by atoms with Gasteiger partial charge in [-0.15, -0.1) is 0 Å². The highest BCUT2D eigenvalue weighted by Gasteiger charge is 2.29. The van der Waals surface area contributed by atoms with Gasteiger partial charge in [0.2, 0.25) is 0 Å². The van der Waals surface area contributed by atoms with Crippen LogP contribution >= 0.6 is 0 Å². The average Bonchev–Trinajstić information content (AvgIpc) is 3.21. The number of anilines is 5. The van der Waals surface area contributed by atoms with Crippen molar-refractivity contribution in [1.82, 2.24) is 0 Å². The normalized spacial score (nSPS) is 12.7. The van der Waals surface area contributed by atoms with Crippen molar-refractivity contribution < 1.29 is 0 Å². The SMILES string of the molecule is CCCCc1cc2c(N(C3=CC=CCC3)c3cccc(C)c3CCCC)c3ccccc3c(N(c3ccccc3)c3cccc(CCCC)c3C)c2cc1C. The van der Waals surface area contributed by atoms with Gasteiger partial charge in [-0.2, -0.15) is 0 Å². The third kappa shape index (κ3) is 7.75. The molecular weight excluding hydrogens is 665 g/mol. The number of hydrogen-bond donors (Lipinski definition) is 0. The summed E-state index contributed by atoms with van der Waals surface area (Å²) in [5.41, 5.74) is 16.1. The summed E-state index contributed by atoms with van der Waals surface area (Å²) in [6.45, 7) is 13.9. The number of rotatable bonds is 15. The maximum absolute atomic E-state index is 2.68. The van der Waals surface area contributed by atoms with Gasteiger partial charge in [0.1, 0.15) is 0 Å². The molecule has 282 valence electrons. The molecule has 2 nitrogen and oxygen atoms in total. The van der Waals surface area contributed by atoms with E-state index in [1.807, 2.05) is 0 Å². The summed E-state index contributed by atoms with van der Waals surface area (Å²) >= 11 is 0. The molecular formula is C53H60N2. The van der Waals surface area contributed by atoms with Crippen molar-refractivity contribution in [1.29, 1.82) is 0 Å². The molecule has 0 saturated carbocycles. The van der Waals surface area contributed by atoms with Crippen LogP contribution in [0.3, 0.4) is 0 Å². The molecule has 0 N–H and O–H groups in total. The van der Waals surface area contributed by atoms with Crippen LogP contribution in [0.15, 0.2) is 127 Å². The summed E-state index contributed by atoms with van der Waals surface area (Å²) in [6.07, 6.45) is 19.3. The second kappa shape index (κ2) is 17.6. The fraction of sp³-hybridized carbons (Fsp3) is 0.321. The van der Waals surface area contributed by atoms with E-state index in [9.17, 15) is 0 Å². The van der Waals surface area contributed by atoms with Gasteiger partial charge in [0.15, 0.2) is 0 Å². The standard InChI is InChI=1S/C53H60N2/c1-7-10-24-41-26-22-34-50(40(41)6)54(43-27-15-13-16-28-43)52-46-32-19-20-33-47(46)53(49-37-42(25-11-8-2)39(5)36-48(49)52)55(44-29-17-14-18-30-44)51-35-21-23-38(4)45(51)31-12-9-3/h13-17,19-23,26-29,32-37H,7-12,18,24-25,30-31H2,1-6H3. The van der Waals surface area contributed by atoms with Gasteiger partial charge < -0.3 is 9.80 Å². The van der Waals surface area contributed by atoms with Crippen LogP contribution in [0.1, 0.15) is 106 Å². The molecule has 55 heavy (non-hydrogen) atoms. The van der Waals surface area contributed by atoms with Gasteiger partial charge in [0, 0.05) is 44.3 Å². The van der Waals surface area contributed by atoms with E-state index in [1.165, 1.54) is 128 Å². The van der Waals surface area contributed by atoms with Gasteiger partial charge >= 0.3 is 0 Å². The number of hydrogen-bond acceptors (Lipinski definition) is 2. The van der Waals surface area contributed by atoms with Crippen LogP contribution in [0.25, 0.3) is 21.5 Å². The molecule has 0 aromatic heterocycles. The van der Waals surface area contributed by atoms with E-state index in [2.05, 4.69) is 173 Å². The Hall–Kier alpha value is -5.08. The first-order valence-corrected chi connectivity index (χ1v) is 21.1. The van der Waals surface area contributed by atoms with Gasteiger partial charge in [-0.3, -0.25) is 0 Å². The largest absolute Gasteiger partial charge is 0.313 e. The number of fused-ring (bicyclic) bond motifs is 2. The number of aryl methyl sites for hydroxylation is 4. The van der Waals surface area contributed by atoms with E-state index in [1.54, 1.807) is 0 Å². The highest BCUT2D eigenvalue weighted by Crippen LogP contribution is 2.52. The van der Waals surface area contributed by atoms with Crippen LogP contribution in [0, 0.1) is 20.8 Å². The zero-order valence-corrected chi connectivity index (χ0v) is 34.2. The number of nitrogens with zero attached hydrogens (tertiary/aromatic N) is 2. The van der Waals surface area contributed by atoms with E-state index in [0.29, 0.717) is 0 Å². The molecule has 7 rings (SSSR count). The Labute approximate surface area is 331 Å². The lowest BCUT2D eigenvalue weighted by atomic mass is 9.90. The Kier molecular flexibility index (Phi) is 12.2. The quantitative estimate of drug-likeness (QED) is 0.0768. The number of unbranched alkanes of at least 4 members (excludes halogenated alkanes) is 3. The topological polar surface area (TPSA) is 6.48 Å². The third-order valence-corrected chi connectivity index (χ3v) is 11.8. The highest BCUT2D eigenvalue weighted by molar-refractivity contribution is 6.23. The molecule has 6 aromatic carbocycles. The fourth-order valence-electron chi connectivity index (χ4n) is 8.74. The van der Waals surface area contributed by atoms with E-state index in [0.717, 1.165) is 32.1 Å². The molecule has 1 aliphatic carbocycles. The highest BCUT2D eigenvalue weighted by atomic mass is 15.2. The lowest BCUT2D eigenvalue weighted by molar-refractivity contribution is 0.788. The summed E-state index contributed by atoms with van der Waals surface area (Å²) in [5.74, 6) is 0. The van der Waals surface area contributed by atoms with E-state index >= 15 is 0 Å². The molecule has 2 heteroatoms. The van der Waals surface area contributed by atoms with Crippen LogP contribution in [0.2, 0.25) is 0 Å². The maximum Gasteiger partial charge on any atom is 0.0620 e. The summed E-state index contributed by atoms with van der Waals surface area (Å²) in [6, 6.07) is 39.4. The van der Waals surface area contributed by atoms with Gasteiger partial charge in [-0.05, 0) is 148 Å². The molecule has 1 aliphatic rings. The molecule has 6 aromatic rings. The van der Waals surface area contributed by atoms with Crippen LogP contribution in [-0.2, 0) is 19.3 Å². The van der Waals surface area contributed by atoms with E-state index in [4.69, 9.17) is 0 Å². The summed E-state index contributed by atoms with van der Waals surface area (Å²) < 4.78 is 0. The second-order valence-electron chi connectivity index (χ2n) is 15.6. The Morgan fingerprint density at radius 2 is 1.15 bits per heavy atom. The molecule has 0 aliphatic heterocycles. The van der Waals surface area contributed by atoms with Crippen LogP contribution in [-0.4, -0.2) is 0 Å². The van der Waals surface area contributed by atoms with Crippen molar-refractivity contribution in [3.63, 3.8) is 0 Å². The van der Waals surface area contributed by atoms with Crippen LogP contribution in [0.4, 0.5) is 28.4 Å². The fourth-order valence-corrected chi connectivity index (χ4v) is 8.74. The first-order valence-electron chi connectivity index (χ1n) is 21.1. The van der Waals surface area contributed by atoms with Crippen molar-refractivity contribution in [2.75, 3.05) is 9.80 Å². The van der Waals surface area contributed by atoms with Crippen LogP contribution in [0.5, 0.6) is 0 Å². The molecule has 0 amide bonds. The minimum Gasteiger partial charge on any atom is -0.313 e. The molecule has 0 unspecified atom stereocenters.